The van der Waals surface area contributed by atoms with Crippen LogP contribution in [0.25, 0.3) is 0 Å². The van der Waals surface area contributed by atoms with Gasteiger partial charge in [0, 0.05) is 25.7 Å². The number of phosphoric acid groups is 2. The monoisotopic (exact) mass is 1450 g/mol. The van der Waals surface area contributed by atoms with E-state index in [9.17, 15) is 43.2 Å². The van der Waals surface area contributed by atoms with E-state index in [0.29, 0.717) is 31.6 Å². The Morgan fingerprint density at radius 2 is 0.465 bits per heavy atom. The maximum atomic E-state index is 13.1. The Balaban J connectivity index is 5.23. The lowest BCUT2D eigenvalue weighted by Gasteiger charge is -2.21. The molecule has 0 rings (SSSR count). The molecule has 0 saturated carbocycles. The predicted molar refractivity (Wildman–Crippen MR) is 405 cm³/mol. The highest BCUT2D eigenvalue weighted by Gasteiger charge is 2.30. The van der Waals surface area contributed by atoms with Crippen molar-refractivity contribution in [3.05, 3.63) is 0 Å². The highest BCUT2D eigenvalue weighted by atomic mass is 31.2. The first-order valence-electron chi connectivity index (χ1n) is 41.3. The van der Waals surface area contributed by atoms with Gasteiger partial charge in [0.05, 0.1) is 26.4 Å². The standard InChI is InChI=1S/C80H156O17P2/c1-8-9-10-11-12-13-14-15-17-25-30-35-40-49-56-64-80(85)97-76(68-91-78(83)62-55-48-43-42-46-53-60-73(6)7)70-95-99(88,89)93-66-74(81)65-92-98(86,87)94-69-75(67-90-77(82)61-54-47-39-34-29-24-21-20-23-28-33-38-45-52-59-72(4)5)96-79(84)63-57-50-41-36-31-26-19-16-18-22-27-32-37-44-51-58-71(2)3/h71-76,81H,8-70H2,1-7H3,(H,86,87)(H,88,89)/t74-,75-,76-/m1/s1. The normalized spacial score (nSPS) is 14.0. The number of esters is 4. The molecule has 0 aromatic heterocycles. The minimum Gasteiger partial charge on any atom is -0.462 e. The maximum absolute atomic E-state index is 13.1. The second-order valence-corrected chi connectivity index (χ2v) is 33.1. The molecule has 588 valence electrons. The minimum absolute atomic E-state index is 0.107. The quantitative estimate of drug-likeness (QED) is 0.0222. The van der Waals surface area contributed by atoms with Gasteiger partial charge in [-0.05, 0) is 43.4 Å². The zero-order valence-corrected chi connectivity index (χ0v) is 66.8. The van der Waals surface area contributed by atoms with E-state index >= 15 is 0 Å². The van der Waals surface area contributed by atoms with Crippen LogP contribution in [0.3, 0.4) is 0 Å². The Morgan fingerprint density at radius 1 is 0.273 bits per heavy atom. The summed E-state index contributed by atoms with van der Waals surface area (Å²) in [5.74, 6) is 0.168. The Labute approximate surface area is 607 Å². The molecule has 5 atom stereocenters. The number of hydrogen-bond donors (Lipinski definition) is 3. The minimum atomic E-state index is -4.96. The molecule has 0 radical (unpaired) electrons. The molecule has 0 bridgehead atoms. The van der Waals surface area contributed by atoms with E-state index in [-0.39, 0.29) is 25.7 Å². The second kappa shape index (κ2) is 70.4. The third-order valence-corrected chi connectivity index (χ3v) is 20.5. The van der Waals surface area contributed by atoms with E-state index in [1.807, 2.05) is 0 Å². The average Bonchev–Trinajstić information content (AvgIpc) is 1.04. The molecule has 0 saturated heterocycles. The fourth-order valence-electron chi connectivity index (χ4n) is 12.3. The van der Waals surface area contributed by atoms with Crippen LogP contribution in [0.5, 0.6) is 0 Å². The summed E-state index contributed by atoms with van der Waals surface area (Å²) in [7, 11) is -9.92. The van der Waals surface area contributed by atoms with Crippen LogP contribution in [0.1, 0.15) is 414 Å². The Hall–Kier alpha value is -1.94. The van der Waals surface area contributed by atoms with Crippen molar-refractivity contribution < 1.29 is 80.2 Å². The fraction of sp³-hybridized carbons (Fsp3) is 0.950. The number of rotatable bonds is 78. The molecule has 99 heavy (non-hydrogen) atoms. The molecule has 0 fully saturated rings. The number of ether oxygens (including phenoxy) is 4. The molecule has 17 nitrogen and oxygen atoms in total. The van der Waals surface area contributed by atoms with Crippen molar-refractivity contribution in [1.29, 1.82) is 0 Å². The molecular weight excluding hydrogens is 1290 g/mol. The number of unbranched alkanes of at least 4 members (excludes halogenated alkanes) is 46. The molecular formula is C80H156O17P2. The van der Waals surface area contributed by atoms with Gasteiger partial charge >= 0.3 is 39.5 Å². The lowest BCUT2D eigenvalue weighted by molar-refractivity contribution is -0.161. The lowest BCUT2D eigenvalue weighted by Crippen LogP contribution is -2.30. The maximum Gasteiger partial charge on any atom is 0.472 e. The predicted octanol–water partition coefficient (Wildman–Crippen LogP) is 23.7. The van der Waals surface area contributed by atoms with E-state index in [1.54, 1.807) is 0 Å². The SMILES string of the molecule is CCCCCCCCCCCCCCCCCC(=O)O[C@H](COC(=O)CCCCCCCCC(C)C)COP(=O)(O)OC[C@H](O)COP(=O)(O)OC[C@@H](COC(=O)CCCCCCCCCCCCCCCCC(C)C)OC(=O)CCCCCCCCCCCCCCCCCC(C)C. The van der Waals surface area contributed by atoms with Crippen LogP contribution in [0.15, 0.2) is 0 Å². The van der Waals surface area contributed by atoms with E-state index < -0.39 is 97.5 Å². The molecule has 0 aliphatic rings. The Kier molecular flexibility index (Phi) is 69.0. The van der Waals surface area contributed by atoms with E-state index in [4.69, 9.17) is 37.0 Å². The Morgan fingerprint density at radius 3 is 0.687 bits per heavy atom. The summed E-state index contributed by atoms with van der Waals surface area (Å²) < 4.78 is 68.7. The molecule has 0 aliphatic heterocycles. The summed E-state index contributed by atoms with van der Waals surface area (Å²) in [6.45, 7) is 11.9. The van der Waals surface area contributed by atoms with Gasteiger partial charge in [-0.15, -0.1) is 0 Å². The molecule has 2 unspecified atom stereocenters. The number of carbonyl (C=O) groups excluding carboxylic acids is 4. The number of carbonyl (C=O) groups is 4. The van der Waals surface area contributed by atoms with Crippen LogP contribution < -0.4 is 0 Å². The van der Waals surface area contributed by atoms with Gasteiger partial charge in [0.2, 0.25) is 0 Å². The summed E-state index contributed by atoms with van der Waals surface area (Å²) in [6, 6.07) is 0. The third-order valence-electron chi connectivity index (χ3n) is 18.6. The van der Waals surface area contributed by atoms with Gasteiger partial charge in [0.25, 0.3) is 0 Å². The van der Waals surface area contributed by atoms with Gasteiger partial charge in [-0.2, -0.15) is 0 Å². The van der Waals surface area contributed by atoms with Crippen LogP contribution in [-0.4, -0.2) is 96.7 Å². The smallest absolute Gasteiger partial charge is 0.462 e. The molecule has 0 amide bonds. The largest absolute Gasteiger partial charge is 0.472 e. The van der Waals surface area contributed by atoms with Crippen LogP contribution in [0.4, 0.5) is 0 Å². The van der Waals surface area contributed by atoms with Crippen molar-refractivity contribution in [3.63, 3.8) is 0 Å². The van der Waals surface area contributed by atoms with Gasteiger partial charge in [0.1, 0.15) is 19.3 Å². The first-order valence-corrected chi connectivity index (χ1v) is 44.3. The zero-order chi connectivity index (χ0) is 73.0. The van der Waals surface area contributed by atoms with Crippen molar-refractivity contribution in [3.8, 4) is 0 Å². The summed E-state index contributed by atoms with van der Waals surface area (Å²) >= 11 is 0. The van der Waals surface area contributed by atoms with Crippen molar-refractivity contribution in [2.75, 3.05) is 39.6 Å². The molecule has 19 heteroatoms. The first-order chi connectivity index (χ1) is 47.7. The number of phosphoric ester groups is 2. The summed E-state index contributed by atoms with van der Waals surface area (Å²) in [6.07, 6.45) is 58.4. The summed E-state index contributed by atoms with van der Waals surface area (Å²) in [4.78, 5) is 73.0. The molecule has 0 aromatic carbocycles. The summed E-state index contributed by atoms with van der Waals surface area (Å²) in [5, 5.41) is 10.6. The van der Waals surface area contributed by atoms with E-state index in [0.717, 1.165) is 108 Å². The van der Waals surface area contributed by atoms with Gasteiger partial charge in [-0.1, -0.05) is 363 Å². The van der Waals surface area contributed by atoms with Crippen molar-refractivity contribution in [2.24, 2.45) is 17.8 Å². The fourth-order valence-corrected chi connectivity index (χ4v) is 13.9. The molecule has 0 aromatic rings. The highest BCUT2D eigenvalue weighted by molar-refractivity contribution is 7.47. The van der Waals surface area contributed by atoms with Gasteiger partial charge in [-0.3, -0.25) is 37.3 Å². The van der Waals surface area contributed by atoms with Crippen LogP contribution in [0, 0.1) is 17.8 Å². The van der Waals surface area contributed by atoms with E-state index in [1.165, 1.54) is 218 Å². The lowest BCUT2D eigenvalue weighted by atomic mass is 10.0. The van der Waals surface area contributed by atoms with Gasteiger partial charge < -0.3 is 33.8 Å². The first kappa shape index (κ1) is 97.1. The van der Waals surface area contributed by atoms with E-state index in [2.05, 4.69) is 48.5 Å². The molecule has 3 N–H and O–H groups in total. The van der Waals surface area contributed by atoms with Crippen molar-refractivity contribution in [2.45, 2.75) is 433 Å². The van der Waals surface area contributed by atoms with Crippen LogP contribution in [-0.2, 0) is 65.4 Å². The Bertz CT molecular complexity index is 1920. The summed E-state index contributed by atoms with van der Waals surface area (Å²) in [5.41, 5.74) is 0. The van der Waals surface area contributed by atoms with Crippen LogP contribution in [0.2, 0.25) is 0 Å². The van der Waals surface area contributed by atoms with Crippen molar-refractivity contribution >= 4 is 39.5 Å². The van der Waals surface area contributed by atoms with Gasteiger partial charge in [0.15, 0.2) is 12.2 Å². The average molecular weight is 1450 g/mol. The van der Waals surface area contributed by atoms with Crippen LogP contribution >= 0.6 is 15.6 Å². The van der Waals surface area contributed by atoms with Gasteiger partial charge in [-0.25, -0.2) is 9.13 Å². The van der Waals surface area contributed by atoms with Crippen molar-refractivity contribution in [1.82, 2.24) is 0 Å². The third kappa shape index (κ3) is 74.1. The number of aliphatic hydroxyl groups excluding tert-OH is 1. The number of aliphatic hydroxyl groups is 1. The highest BCUT2D eigenvalue weighted by Crippen LogP contribution is 2.45. The number of hydrogen-bond acceptors (Lipinski definition) is 15. The molecule has 0 spiro atoms. The molecule has 0 heterocycles. The zero-order valence-electron chi connectivity index (χ0n) is 65.0. The topological polar surface area (TPSA) is 237 Å². The second-order valence-electron chi connectivity index (χ2n) is 30.2. The molecule has 0 aliphatic carbocycles.